The Morgan fingerprint density at radius 1 is 1.13 bits per heavy atom. The fourth-order valence-electron chi connectivity index (χ4n) is 3.52. The third kappa shape index (κ3) is 5.52. The van der Waals surface area contributed by atoms with Crippen LogP contribution in [0.25, 0.3) is 11.0 Å². The molecule has 7 nitrogen and oxygen atoms in total. The predicted molar refractivity (Wildman–Crippen MR) is 115 cm³/mol. The van der Waals surface area contributed by atoms with Crippen LogP contribution < -0.4 is 10.6 Å². The minimum absolute atomic E-state index is 0.0824. The van der Waals surface area contributed by atoms with Gasteiger partial charge in [-0.1, -0.05) is 38.8 Å². The van der Waals surface area contributed by atoms with Crippen LogP contribution in [0.3, 0.4) is 0 Å². The summed E-state index contributed by atoms with van der Waals surface area (Å²) in [7, 11) is 0. The van der Waals surface area contributed by atoms with Crippen molar-refractivity contribution < 1.29 is 9.18 Å². The van der Waals surface area contributed by atoms with Gasteiger partial charge in [0.25, 0.3) is 0 Å². The maximum Gasteiger partial charge on any atom is 0.223 e. The molecule has 1 amide bonds. The molecule has 0 fully saturated rings. The Morgan fingerprint density at radius 2 is 1.87 bits per heavy atom. The zero-order valence-electron chi connectivity index (χ0n) is 17.6. The quantitative estimate of drug-likeness (QED) is 0.499. The SMILES string of the molecule is CCCC(CCC)C(=O)NCCn1ncc2c(NCc3ccc(F)cc3)ncnc21. The standard InChI is InChI=1S/C22H29FN6O/c1-3-5-17(6-4-2)22(30)24-11-12-29-21-19(14-28-29)20(26-15-27-21)25-13-16-7-9-18(23)10-8-16/h7-10,14-15,17H,3-6,11-13H2,1-2H3,(H,24,30)(H,25,26,27). The summed E-state index contributed by atoms with van der Waals surface area (Å²) in [5.74, 6) is 0.614. The number of aromatic nitrogens is 4. The van der Waals surface area contributed by atoms with Crippen LogP contribution in [0.5, 0.6) is 0 Å². The summed E-state index contributed by atoms with van der Waals surface area (Å²) in [6.07, 6.45) is 7.06. The van der Waals surface area contributed by atoms with Gasteiger partial charge in [0.15, 0.2) is 5.65 Å². The van der Waals surface area contributed by atoms with Gasteiger partial charge in [-0.05, 0) is 30.5 Å². The molecule has 0 saturated carbocycles. The fourth-order valence-corrected chi connectivity index (χ4v) is 3.52. The summed E-state index contributed by atoms with van der Waals surface area (Å²) in [6.45, 7) is 5.76. The highest BCUT2D eigenvalue weighted by atomic mass is 19.1. The van der Waals surface area contributed by atoms with Gasteiger partial charge in [-0.15, -0.1) is 0 Å². The Bertz CT molecular complexity index is 950. The van der Waals surface area contributed by atoms with Crippen LogP contribution in [0.1, 0.15) is 45.1 Å². The first-order chi connectivity index (χ1) is 14.6. The van der Waals surface area contributed by atoms with Crippen molar-refractivity contribution in [1.29, 1.82) is 0 Å². The Hall–Kier alpha value is -3.03. The van der Waals surface area contributed by atoms with Gasteiger partial charge in [0.2, 0.25) is 5.91 Å². The highest BCUT2D eigenvalue weighted by Gasteiger charge is 2.16. The molecule has 160 valence electrons. The molecule has 3 aromatic rings. The topological polar surface area (TPSA) is 84.7 Å². The minimum atomic E-state index is -0.257. The third-order valence-corrected chi connectivity index (χ3v) is 5.07. The van der Waals surface area contributed by atoms with Gasteiger partial charge in [-0.25, -0.2) is 19.0 Å². The van der Waals surface area contributed by atoms with Gasteiger partial charge in [-0.2, -0.15) is 5.10 Å². The average molecular weight is 413 g/mol. The molecule has 0 bridgehead atoms. The minimum Gasteiger partial charge on any atom is -0.365 e. The summed E-state index contributed by atoms with van der Waals surface area (Å²) in [4.78, 5) is 21.1. The molecule has 8 heteroatoms. The number of hydrogen-bond acceptors (Lipinski definition) is 5. The molecule has 0 aliphatic heterocycles. The molecule has 0 aliphatic rings. The Morgan fingerprint density at radius 3 is 2.57 bits per heavy atom. The molecule has 1 aromatic carbocycles. The molecule has 0 radical (unpaired) electrons. The van der Waals surface area contributed by atoms with Crippen LogP contribution in [0, 0.1) is 11.7 Å². The van der Waals surface area contributed by atoms with Gasteiger partial charge >= 0.3 is 0 Å². The van der Waals surface area contributed by atoms with Crippen molar-refractivity contribution in [2.45, 2.75) is 52.6 Å². The average Bonchev–Trinajstić information content (AvgIpc) is 3.17. The molecule has 0 saturated heterocycles. The highest BCUT2D eigenvalue weighted by molar-refractivity contribution is 5.86. The van der Waals surface area contributed by atoms with Crippen molar-refractivity contribution in [3.8, 4) is 0 Å². The van der Waals surface area contributed by atoms with Crippen LogP contribution in [-0.2, 0) is 17.9 Å². The molecule has 30 heavy (non-hydrogen) atoms. The number of hydrogen-bond donors (Lipinski definition) is 2. The van der Waals surface area contributed by atoms with E-state index in [4.69, 9.17) is 0 Å². The van der Waals surface area contributed by atoms with Crippen LogP contribution in [-0.4, -0.2) is 32.2 Å². The second-order valence-electron chi connectivity index (χ2n) is 7.37. The van der Waals surface area contributed by atoms with E-state index in [1.54, 1.807) is 23.0 Å². The monoisotopic (exact) mass is 412 g/mol. The molecule has 0 atom stereocenters. The van der Waals surface area contributed by atoms with E-state index in [9.17, 15) is 9.18 Å². The first-order valence-corrected chi connectivity index (χ1v) is 10.5. The molecule has 3 rings (SSSR count). The summed E-state index contributed by atoms with van der Waals surface area (Å²) >= 11 is 0. The number of nitrogens with one attached hydrogen (secondary N) is 2. The molecule has 0 aliphatic carbocycles. The van der Waals surface area contributed by atoms with Crippen molar-refractivity contribution in [2.24, 2.45) is 5.92 Å². The van der Waals surface area contributed by atoms with E-state index in [2.05, 4.69) is 39.5 Å². The van der Waals surface area contributed by atoms with Gasteiger partial charge in [0.05, 0.1) is 18.1 Å². The Kier molecular flexibility index (Phi) is 7.70. The van der Waals surface area contributed by atoms with E-state index in [-0.39, 0.29) is 17.6 Å². The normalized spacial score (nSPS) is 11.2. The molecule has 2 aromatic heterocycles. The Labute approximate surface area is 176 Å². The largest absolute Gasteiger partial charge is 0.365 e. The lowest BCUT2D eigenvalue weighted by Crippen LogP contribution is -2.33. The van der Waals surface area contributed by atoms with Crippen molar-refractivity contribution in [1.82, 2.24) is 25.1 Å². The van der Waals surface area contributed by atoms with Gasteiger partial charge in [-0.3, -0.25) is 4.79 Å². The first-order valence-electron chi connectivity index (χ1n) is 10.5. The zero-order valence-corrected chi connectivity index (χ0v) is 17.6. The smallest absolute Gasteiger partial charge is 0.223 e. The van der Waals surface area contributed by atoms with Crippen molar-refractivity contribution in [3.05, 3.63) is 48.2 Å². The van der Waals surface area contributed by atoms with Gasteiger partial charge in [0, 0.05) is 19.0 Å². The van der Waals surface area contributed by atoms with Gasteiger partial charge in [0.1, 0.15) is 18.0 Å². The summed E-state index contributed by atoms with van der Waals surface area (Å²) in [5, 5.41) is 11.5. The lowest BCUT2D eigenvalue weighted by Gasteiger charge is -2.15. The van der Waals surface area contributed by atoms with E-state index >= 15 is 0 Å². The molecule has 0 spiro atoms. The number of amides is 1. The molecular weight excluding hydrogens is 383 g/mol. The summed E-state index contributed by atoms with van der Waals surface area (Å²) in [5.41, 5.74) is 1.66. The number of anilines is 1. The van der Waals surface area contributed by atoms with Crippen LogP contribution in [0.15, 0.2) is 36.8 Å². The predicted octanol–water partition coefficient (Wildman–Crippen LogP) is 3.91. The lowest BCUT2D eigenvalue weighted by atomic mass is 9.97. The summed E-state index contributed by atoms with van der Waals surface area (Å²) < 4.78 is 14.8. The maximum absolute atomic E-state index is 13.1. The number of carbonyl (C=O) groups is 1. The van der Waals surface area contributed by atoms with E-state index in [0.717, 1.165) is 36.6 Å². The maximum atomic E-state index is 13.1. The van der Waals surface area contributed by atoms with E-state index in [1.165, 1.54) is 18.5 Å². The number of rotatable bonds is 11. The second-order valence-corrected chi connectivity index (χ2v) is 7.37. The first kappa shape index (κ1) is 21.7. The molecular formula is C22H29FN6O. The lowest BCUT2D eigenvalue weighted by molar-refractivity contribution is -0.125. The fraction of sp³-hybridized carbons (Fsp3) is 0.455. The molecule has 2 N–H and O–H groups in total. The third-order valence-electron chi connectivity index (χ3n) is 5.07. The van der Waals surface area contributed by atoms with Crippen molar-refractivity contribution in [2.75, 3.05) is 11.9 Å². The van der Waals surface area contributed by atoms with Crippen LogP contribution >= 0.6 is 0 Å². The molecule has 0 unspecified atom stereocenters. The van der Waals surface area contributed by atoms with Crippen molar-refractivity contribution in [3.63, 3.8) is 0 Å². The van der Waals surface area contributed by atoms with Gasteiger partial charge < -0.3 is 10.6 Å². The number of fused-ring (bicyclic) bond motifs is 1. The zero-order chi connectivity index (χ0) is 21.3. The van der Waals surface area contributed by atoms with Crippen molar-refractivity contribution >= 4 is 22.8 Å². The summed E-state index contributed by atoms with van der Waals surface area (Å²) in [6, 6.07) is 6.34. The van der Waals surface area contributed by atoms with E-state index < -0.39 is 0 Å². The highest BCUT2D eigenvalue weighted by Crippen LogP contribution is 2.19. The number of halogens is 1. The molecule has 2 heterocycles. The van der Waals surface area contributed by atoms with Crippen LogP contribution in [0.2, 0.25) is 0 Å². The van der Waals surface area contributed by atoms with Crippen LogP contribution in [0.4, 0.5) is 10.2 Å². The number of nitrogens with zero attached hydrogens (tertiary/aromatic N) is 4. The number of carbonyl (C=O) groups excluding carboxylic acids is 1. The van der Waals surface area contributed by atoms with E-state index in [1.807, 2.05) is 0 Å². The Balaban J connectivity index is 1.60. The second kappa shape index (κ2) is 10.7. The van der Waals surface area contributed by atoms with E-state index in [0.29, 0.717) is 31.1 Å². The number of benzene rings is 1.